The van der Waals surface area contributed by atoms with Crippen LogP contribution < -0.4 is 0 Å². The van der Waals surface area contributed by atoms with Gasteiger partial charge >= 0.3 is 0 Å². The second-order valence-electron chi connectivity index (χ2n) is 5.42. The van der Waals surface area contributed by atoms with Gasteiger partial charge in [0.15, 0.2) is 5.16 Å². The van der Waals surface area contributed by atoms with Gasteiger partial charge in [-0.15, -0.1) is 0 Å². The number of hydrogen-bond donors (Lipinski definition) is 0. The van der Waals surface area contributed by atoms with Gasteiger partial charge in [0.1, 0.15) is 0 Å². The number of benzene rings is 1. The molecule has 1 amide bonds. The standard InChI is InChI=1S/C16H21N3OS/c1-11-8-12(2)10-14(9-11)19-7-6-17-16(19)21-13(3)15(20)18(4)5/h6-10,13H,1-5H3/t13-/m1/s1. The molecule has 0 bridgehead atoms. The lowest BCUT2D eigenvalue weighted by atomic mass is 10.1. The number of thioether (sulfide) groups is 1. The van der Waals surface area contributed by atoms with Crippen LogP contribution in [0.4, 0.5) is 0 Å². The molecule has 0 saturated carbocycles. The summed E-state index contributed by atoms with van der Waals surface area (Å²) in [5.74, 6) is 0.0926. The first kappa shape index (κ1) is 15.6. The Balaban J connectivity index is 2.28. The van der Waals surface area contributed by atoms with Gasteiger partial charge in [-0.1, -0.05) is 17.8 Å². The zero-order valence-electron chi connectivity index (χ0n) is 13.1. The van der Waals surface area contributed by atoms with Gasteiger partial charge in [-0.3, -0.25) is 9.36 Å². The molecule has 0 fully saturated rings. The van der Waals surface area contributed by atoms with Gasteiger partial charge in [0, 0.05) is 32.2 Å². The highest BCUT2D eigenvalue weighted by molar-refractivity contribution is 8.00. The molecule has 0 unspecified atom stereocenters. The van der Waals surface area contributed by atoms with Gasteiger partial charge in [-0.05, 0) is 44.0 Å². The quantitative estimate of drug-likeness (QED) is 0.815. The molecule has 2 rings (SSSR count). The maximum absolute atomic E-state index is 12.0. The van der Waals surface area contributed by atoms with Crippen LogP contribution in [0.5, 0.6) is 0 Å². The topological polar surface area (TPSA) is 38.1 Å². The van der Waals surface area contributed by atoms with E-state index < -0.39 is 0 Å². The predicted octanol–water partition coefficient (Wildman–Crippen LogP) is 3.06. The zero-order valence-corrected chi connectivity index (χ0v) is 13.9. The zero-order chi connectivity index (χ0) is 15.6. The van der Waals surface area contributed by atoms with Crippen molar-refractivity contribution in [1.82, 2.24) is 14.5 Å². The van der Waals surface area contributed by atoms with Gasteiger partial charge in [-0.25, -0.2) is 4.98 Å². The van der Waals surface area contributed by atoms with Crippen molar-refractivity contribution in [2.75, 3.05) is 14.1 Å². The molecule has 0 aliphatic carbocycles. The van der Waals surface area contributed by atoms with Gasteiger partial charge in [0.2, 0.25) is 5.91 Å². The third-order valence-electron chi connectivity index (χ3n) is 3.16. The van der Waals surface area contributed by atoms with E-state index in [1.54, 1.807) is 25.2 Å². The summed E-state index contributed by atoms with van der Waals surface area (Å²) in [6.07, 6.45) is 3.70. The van der Waals surface area contributed by atoms with E-state index in [-0.39, 0.29) is 11.2 Å². The van der Waals surface area contributed by atoms with Crippen LogP contribution in [-0.4, -0.2) is 39.7 Å². The van der Waals surface area contributed by atoms with Crippen LogP contribution in [0.2, 0.25) is 0 Å². The number of nitrogens with zero attached hydrogens (tertiary/aromatic N) is 3. The highest BCUT2D eigenvalue weighted by Gasteiger charge is 2.19. The smallest absolute Gasteiger partial charge is 0.235 e. The summed E-state index contributed by atoms with van der Waals surface area (Å²) in [6.45, 7) is 6.07. The molecular weight excluding hydrogens is 282 g/mol. The van der Waals surface area contributed by atoms with Gasteiger partial charge in [-0.2, -0.15) is 0 Å². The van der Waals surface area contributed by atoms with Crippen molar-refractivity contribution in [2.45, 2.75) is 31.2 Å². The Hall–Kier alpha value is -1.75. The minimum atomic E-state index is -0.160. The lowest BCUT2D eigenvalue weighted by molar-refractivity contribution is -0.127. The monoisotopic (exact) mass is 303 g/mol. The van der Waals surface area contributed by atoms with Crippen LogP contribution in [0.25, 0.3) is 5.69 Å². The largest absolute Gasteiger partial charge is 0.348 e. The first-order chi connectivity index (χ1) is 9.88. The van der Waals surface area contributed by atoms with Crippen LogP contribution >= 0.6 is 11.8 Å². The molecule has 21 heavy (non-hydrogen) atoms. The van der Waals surface area contributed by atoms with Crippen molar-refractivity contribution in [2.24, 2.45) is 0 Å². The highest BCUT2D eigenvalue weighted by Crippen LogP contribution is 2.26. The second-order valence-corrected chi connectivity index (χ2v) is 6.73. The van der Waals surface area contributed by atoms with Crippen LogP contribution in [0.3, 0.4) is 0 Å². The fourth-order valence-corrected chi connectivity index (χ4v) is 3.26. The van der Waals surface area contributed by atoms with E-state index >= 15 is 0 Å². The average Bonchev–Trinajstić information content (AvgIpc) is 2.84. The maximum atomic E-state index is 12.0. The Kier molecular flexibility index (Phi) is 4.73. The van der Waals surface area contributed by atoms with Crippen molar-refractivity contribution < 1.29 is 4.79 Å². The normalized spacial score (nSPS) is 12.2. The molecule has 112 valence electrons. The summed E-state index contributed by atoms with van der Waals surface area (Å²) in [6, 6.07) is 6.39. The molecular formula is C16H21N3OS. The van der Waals surface area contributed by atoms with E-state index in [0.29, 0.717) is 0 Å². The molecule has 1 aromatic carbocycles. The van der Waals surface area contributed by atoms with Crippen molar-refractivity contribution in [3.8, 4) is 5.69 Å². The van der Waals surface area contributed by atoms with Crippen LogP contribution in [0.1, 0.15) is 18.1 Å². The van der Waals surface area contributed by atoms with E-state index in [1.807, 2.05) is 17.7 Å². The van der Waals surface area contributed by atoms with Gasteiger partial charge in [0.25, 0.3) is 0 Å². The SMILES string of the molecule is Cc1cc(C)cc(-n2ccnc2S[C@H](C)C(=O)N(C)C)c1. The lowest BCUT2D eigenvalue weighted by Gasteiger charge is -2.17. The third kappa shape index (κ3) is 3.67. The molecule has 1 atom stereocenters. The summed E-state index contributed by atoms with van der Waals surface area (Å²) in [4.78, 5) is 18.0. The molecule has 2 aromatic rings. The molecule has 1 heterocycles. The van der Waals surface area contributed by atoms with Crippen molar-refractivity contribution in [3.05, 3.63) is 41.7 Å². The Morgan fingerprint density at radius 2 is 1.86 bits per heavy atom. The number of imidazole rings is 1. The summed E-state index contributed by atoms with van der Waals surface area (Å²) >= 11 is 1.48. The van der Waals surface area contributed by atoms with Crippen molar-refractivity contribution in [1.29, 1.82) is 0 Å². The fraction of sp³-hybridized carbons (Fsp3) is 0.375. The van der Waals surface area contributed by atoms with Crippen LogP contribution in [0, 0.1) is 13.8 Å². The van der Waals surface area contributed by atoms with E-state index in [1.165, 1.54) is 22.9 Å². The summed E-state index contributed by atoms with van der Waals surface area (Å²) in [5, 5.41) is 0.676. The predicted molar refractivity (Wildman–Crippen MR) is 87.1 cm³/mol. The first-order valence-corrected chi connectivity index (χ1v) is 7.76. The van der Waals surface area contributed by atoms with Gasteiger partial charge < -0.3 is 4.90 Å². The third-order valence-corrected chi connectivity index (χ3v) is 4.23. The molecule has 0 spiro atoms. The van der Waals surface area contributed by atoms with E-state index in [0.717, 1.165) is 10.8 Å². The first-order valence-electron chi connectivity index (χ1n) is 6.88. The summed E-state index contributed by atoms with van der Waals surface area (Å²) < 4.78 is 2.03. The Morgan fingerprint density at radius 1 is 1.24 bits per heavy atom. The minimum Gasteiger partial charge on any atom is -0.348 e. The number of carbonyl (C=O) groups excluding carboxylic acids is 1. The van der Waals surface area contributed by atoms with Gasteiger partial charge in [0.05, 0.1) is 5.25 Å². The molecule has 0 radical (unpaired) electrons. The molecule has 0 aliphatic heterocycles. The average molecular weight is 303 g/mol. The van der Waals surface area contributed by atoms with E-state index in [4.69, 9.17) is 0 Å². The van der Waals surface area contributed by atoms with Crippen LogP contribution in [-0.2, 0) is 4.79 Å². The molecule has 0 N–H and O–H groups in total. The number of amides is 1. The summed E-state index contributed by atoms with van der Waals surface area (Å²) in [7, 11) is 3.55. The van der Waals surface area contributed by atoms with E-state index in [9.17, 15) is 4.79 Å². The molecule has 4 nitrogen and oxygen atoms in total. The molecule has 0 saturated heterocycles. The number of rotatable bonds is 4. The Bertz CT molecular complexity index is 628. The number of aryl methyl sites for hydroxylation is 2. The molecule has 5 heteroatoms. The summed E-state index contributed by atoms with van der Waals surface area (Å²) in [5.41, 5.74) is 3.51. The maximum Gasteiger partial charge on any atom is 0.235 e. The minimum absolute atomic E-state index is 0.0926. The molecule has 1 aromatic heterocycles. The second kappa shape index (κ2) is 6.35. The lowest BCUT2D eigenvalue weighted by Crippen LogP contribution is -2.29. The fourth-order valence-electron chi connectivity index (χ4n) is 2.24. The Labute approximate surface area is 130 Å². The molecule has 0 aliphatic rings. The number of hydrogen-bond acceptors (Lipinski definition) is 3. The van der Waals surface area contributed by atoms with E-state index in [2.05, 4.69) is 37.0 Å². The van der Waals surface area contributed by atoms with Crippen molar-refractivity contribution in [3.63, 3.8) is 0 Å². The number of carbonyl (C=O) groups is 1. The van der Waals surface area contributed by atoms with Crippen molar-refractivity contribution >= 4 is 17.7 Å². The van der Waals surface area contributed by atoms with Crippen LogP contribution in [0.15, 0.2) is 35.7 Å². The highest BCUT2D eigenvalue weighted by atomic mass is 32.2. The Morgan fingerprint density at radius 3 is 2.43 bits per heavy atom. The number of aromatic nitrogens is 2.